The number of aromatic hydroxyl groups is 1. The average molecular weight is 397 g/mol. The fourth-order valence-corrected chi connectivity index (χ4v) is 3.45. The molecule has 7 heteroatoms. The number of hydrogen-bond acceptors (Lipinski definition) is 5. The zero-order chi connectivity index (χ0) is 21.2. The molecule has 0 fully saturated rings. The van der Waals surface area contributed by atoms with Crippen molar-refractivity contribution in [2.45, 2.75) is 45.4 Å². The summed E-state index contributed by atoms with van der Waals surface area (Å²) in [7, 11) is 1.61. The molecule has 3 rings (SSSR count). The van der Waals surface area contributed by atoms with Crippen LogP contribution in [0.3, 0.4) is 0 Å². The number of ether oxygens (including phenoxy) is 1. The zero-order valence-corrected chi connectivity index (χ0v) is 17.3. The second-order valence-electron chi connectivity index (χ2n) is 8.12. The highest BCUT2D eigenvalue weighted by atomic mass is 16.5. The number of methoxy groups -OCH3 is 1. The highest BCUT2D eigenvalue weighted by Crippen LogP contribution is 2.39. The average Bonchev–Trinajstić information content (AvgIpc) is 3.07. The molecule has 0 spiro atoms. The highest BCUT2D eigenvalue weighted by molar-refractivity contribution is 5.74. The van der Waals surface area contributed by atoms with Crippen LogP contribution in [0.1, 0.15) is 43.9 Å². The number of carbonyl (C=O) groups is 1. The van der Waals surface area contributed by atoms with E-state index in [1.54, 1.807) is 7.11 Å². The number of phenolic OH excluding ortho intramolecular Hbond substituents is 1. The fraction of sp³-hybridized carbons (Fsp3) is 0.409. The van der Waals surface area contributed by atoms with Gasteiger partial charge in [-0.15, -0.1) is 15.0 Å². The van der Waals surface area contributed by atoms with Crippen molar-refractivity contribution in [3.8, 4) is 11.4 Å². The van der Waals surface area contributed by atoms with Crippen molar-refractivity contribution in [3.05, 3.63) is 47.0 Å². The first-order valence-electron chi connectivity index (χ1n) is 9.63. The SMILES string of the molecule is COCCc1c(CCC(=O)O)cc(C(C)(C)C)c(O)c1-n1nc2ccccc2n1. The number of rotatable bonds is 7. The van der Waals surface area contributed by atoms with Crippen LogP contribution in [0.25, 0.3) is 16.7 Å². The lowest BCUT2D eigenvalue weighted by molar-refractivity contribution is -0.136. The third-order valence-corrected chi connectivity index (χ3v) is 4.93. The maximum atomic E-state index is 11.2. The Morgan fingerprint density at radius 3 is 2.28 bits per heavy atom. The van der Waals surface area contributed by atoms with Crippen LogP contribution < -0.4 is 0 Å². The Hall–Kier alpha value is -2.93. The van der Waals surface area contributed by atoms with Gasteiger partial charge in [-0.3, -0.25) is 4.79 Å². The molecule has 2 N–H and O–H groups in total. The molecule has 0 bridgehead atoms. The molecule has 7 nitrogen and oxygen atoms in total. The van der Waals surface area contributed by atoms with Crippen LogP contribution in [0.5, 0.6) is 5.75 Å². The van der Waals surface area contributed by atoms with Gasteiger partial charge in [0.15, 0.2) is 0 Å². The summed E-state index contributed by atoms with van der Waals surface area (Å²) in [5.41, 5.74) is 3.99. The molecule has 0 amide bonds. The fourth-order valence-electron chi connectivity index (χ4n) is 3.45. The molecule has 0 radical (unpaired) electrons. The van der Waals surface area contributed by atoms with Gasteiger partial charge in [0.2, 0.25) is 0 Å². The van der Waals surface area contributed by atoms with Crippen LogP contribution >= 0.6 is 0 Å². The van der Waals surface area contributed by atoms with E-state index in [2.05, 4.69) is 10.2 Å². The number of aryl methyl sites for hydroxylation is 1. The van der Waals surface area contributed by atoms with E-state index in [1.165, 1.54) is 4.80 Å². The summed E-state index contributed by atoms with van der Waals surface area (Å²) in [6.45, 7) is 6.46. The molecule has 0 aliphatic carbocycles. The predicted molar refractivity (Wildman–Crippen MR) is 111 cm³/mol. The summed E-state index contributed by atoms with van der Waals surface area (Å²) < 4.78 is 5.27. The standard InChI is InChI=1S/C22H27N3O4/c1-22(2,3)16-13-14(9-10-19(26)27)15(11-12-29-4)20(21(16)28)25-23-17-7-5-6-8-18(17)24-25/h5-8,13,28H,9-12H2,1-4H3,(H,26,27). The highest BCUT2D eigenvalue weighted by Gasteiger charge is 2.27. The third-order valence-electron chi connectivity index (χ3n) is 4.93. The van der Waals surface area contributed by atoms with E-state index in [0.29, 0.717) is 25.1 Å². The van der Waals surface area contributed by atoms with Crippen molar-refractivity contribution in [1.29, 1.82) is 0 Å². The Balaban J connectivity index is 2.29. The lowest BCUT2D eigenvalue weighted by Gasteiger charge is -2.25. The smallest absolute Gasteiger partial charge is 0.303 e. The number of fused-ring (bicyclic) bond motifs is 1. The molecule has 0 saturated carbocycles. The van der Waals surface area contributed by atoms with Crippen molar-refractivity contribution >= 4 is 17.0 Å². The lowest BCUT2D eigenvalue weighted by Crippen LogP contribution is -2.17. The molecule has 29 heavy (non-hydrogen) atoms. The van der Waals surface area contributed by atoms with Crippen LogP contribution in [0.2, 0.25) is 0 Å². The van der Waals surface area contributed by atoms with E-state index in [4.69, 9.17) is 4.74 Å². The monoisotopic (exact) mass is 397 g/mol. The Kier molecular flexibility index (Phi) is 5.88. The van der Waals surface area contributed by atoms with Crippen molar-refractivity contribution in [3.63, 3.8) is 0 Å². The summed E-state index contributed by atoms with van der Waals surface area (Å²) in [5.74, 6) is -0.749. The molecule has 0 saturated heterocycles. The van der Waals surface area contributed by atoms with Crippen molar-refractivity contribution in [2.75, 3.05) is 13.7 Å². The van der Waals surface area contributed by atoms with E-state index in [-0.39, 0.29) is 17.6 Å². The topological polar surface area (TPSA) is 97.5 Å². The minimum Gasteiger partial charge on any atom is -0.505 e. The molecule has 154 valence electrons. The first-order valence-corrected chi connectivity index (χ1v) is 9.63. The number of hydrogen-bond donors (Lipinski definition) is 2. The number of phenols is 1. The molecular weight excluding hydrogens is 370 g/mol. The first-order chi connectivity index (χ1) is 13.7. The quantitative estimate of drug-likeness (QED) is 0.632. The summed E-state index contributed by atoms with van der Waals surface area (Å²) in [6.07, 6.45) is 0.866. The minimum atomic E-state index is -0.863. The van der Waals surface area contributed by atoms with E-state index in [0.717, 1.165) is 27.7 Å². The number of carboxylic acid groups (broad SMARTS) is 1. The molecule has 2 aromatic carbocycles. The summed E-state index contributed by atoms with van der Waals surface area (Å²) in [5, 5.41) is 29.6. The van der Waals surface area contributed by atoms with Gasteiger partial charge < -0.3 is 14.9 Å². The molecule has 0 aliphatic heterocycles. The molecule has 0 unspecified atom stereocenters. The lowest BCUT2D eigenvalue weighted by atomic mass is 9.82. The van der Waals surface area contributed by atoms with Crippen LogP contribution in [-0.2, 0) is 27.8 Å². The van der Waals surface area contributed by atoms with Gasteiger partial charge in [-0.05, 0) is 41.5 Å². The van der Waals surface area contributed by atoms with E-state index in [1.807, 2.05) is 51.1 Å². The number of benzene rings is 2. The number of aromatic nitrogens is 3. The molecule has 1 heterocycles. The maximum absolute atomic E-state index is 11.2. The van der Waals surface area contributed by atoms with E-state index in [9.17, 15) is 15.0 Å². The Morgan fingerprint density at radius 1 is 1.14 bits per heavy atom. The molecular formula is C22H27N3O4. The van der Waals surface area contributed by atoms with Crippen LogP contribution in [-0.4, -0.2) is 44.9 Å². The van der Waals surface area contributed by atoms with Crippen LogP contribution in [0, 0.1) is 0 Å². The van der Waals surface area contributed by atoms with Gasteiger partial charge in [0.05, 0.1) is 6.61 Å². The number of nitrogens with zero attached hydrogens (tertiary/aromatic N) is 3. The van der Waals surface area contributed by atoms with Crippen molar-refractivity contribution in [2.24, 2.45) is 0 Å². The van der Waals surface area contributed by atoms with Crippen molar-refractivity contribution in [1.82, 2.24) is 15.0 Å². The molecule has 3 aromatic rings. The van der Waals surface area contributed by atoms with Gasteiger partial charge in [0.25, 0.3) is 0 Å². The second kappa shape index (κ2) is 8.21. The summed E-state index contributed by atoms with van der Waals surface area (Å²) in [4.78, 5) is 12.7. The van der Waals surface area contributed by atoms with Crippen molar-refractivity contribution < 1.29 is 19.7 Å². The van der Waals surface area contributed by atoms with Gasteiger partial charge in [0.1, 0.15) is 22.5 Å². The maximum Gasteiger partial charge on any atom is 0.303 e. The number of aliphatic carboxylic acids is 1. The summed E-state index contributed by atoms with van der Waals surface area (Å²) >= 11 is 0. The Labute approximate surface area is 169 Å². The van der Waals surface area contributed by atoms with E-state index < -0.39 is 5.97 Å². The van der Waals surface area contributed by atoms with Gasteiger partial charge >= 0.3 is 5.97 Å². The van der Waals surface area contributed by atoms with Gasteiger partial charge in [0, 0.05) is 19.1 Å². The third kappa shape index (κ3) is 4.40. The predicted octanol–water partition coefficient (Wildman–Crippen LogP) is 3.63. The molecule has 0 atom stereocenters. The van der Waals surface area contributed by atoms with E-state index >= 15 is 0 Å². The largest absolute Gasteiger partial charge is 0.505 e. The summed E-state index contributed by atoms with van der Waals surface area (Å²) in [6, 6.07) is 9.41. The van der Waals surface area contributed by atoms with Crippen LogP contribution in [0.15, 0.2) is 30.3 Å². The normalized spacial score (nSPS) is 11.9. The Bertz CT molecular complexity index is 1000. The van der Waals surface area contributed by atoms with Gasteiger partial charge in [-0.1, -0.05) is 39.0 Å². The van der Waals surface area contributed by atoms with Gasteiger partial charge in [-0.2, -0.15) is 0 Å². The molecule has 0 aliphatic rings. The Morgan fingerprint density at radius 2 is 1.76 bits per heavy atom. The second-order valence-corrected chi connectivity index (χ2v) is 8.12. The molecule has 1 aromatic heterocycles. The van der Waals surface area contributed by atoms with Crippen LogP contribution in [0.4, 0.5) is 0 Å². The number of carboxylic acids is 1. The minimum absolute atomic E-state index is 0.00227. The first kappa shape index (κ1) is 20.8. The zero-order valence-electron chi connectivity index (χ0n) is 17.3. The van der Waals surface area contributed by atoms with Gasteiger partial charge in [-0.25, -0.2) is 0 Å².